The number of aliphatic carboxylic acids is 1. The van der Waals surface area contributed by atoms with E-state index < -0.39 is 35.0 Å². The molecule has 1 aliphatic rings. The summed E-state index contributed by atoms with van der Waals surface area (Å²) in [5.41, 5.74) is 1.01. The van der Waals surface area contributed by atoms with E-state index in [9.17, 15) is 19.5 Å². The molecule has 4 rings (SSSR count). The minimum absolute atomic E-state index is 0.0227. The molecule has 1 fully saturated rings. The van der Waals surface area contributed by atoms with E-state index >= 15 is 0 Å². The van der Waals surface area contributed by atoms with Gasteiger partial charge in [-0.15, -0.1) is 0 Å². The molecule has 0 bridgehead atoms. The Morgan fingerprint density at radius 1 is 1.14 bits per heavy atom. The van der Waals surface area contributed by atoms with E-state index in [1.807, 2.05) is 51.1 Å². The fourth-order valence-electron chi connectivity index (χ4n) is 4.70. The second kappa shape index (κ2) is 9.71. The molecular weight excluding hydrogens is 492 g/mol. The van der Waals surface area contributed by atoms with E-state index in [4.69, 9.17) is 16.3 Å². The van der Waals surface area contributed by atoms with Crippen molar-refractivity contribution in [2.45, 2.75) is 58.1 Å². The summed E-state index contributed by atoms with van der Waals surface area (Å²) in [6, 6.07) is 14.7. The normalized spacial score (nSPS) is 14.2. The van der Waals surface area contributed by atoms with Crippen molar-refractivity contribution in [1.82, 2.24) is 9.88 Å². The summed E-state index contributed by atoms with van der Waals surface area (Å²) in [5, 5.41) is 13.2. The number of carboxylic acids is 1. The molecule has 1 amide bonds. The number of amides is 1. The highest BCUT2D eigenvalue weighted by Gasteiger charge is 2.46. The van der Waals surface area contributed by atoms with Gasteiger partial charge in [-0.2, -0.15) is 0 Å². The number of nitrogens with zero attached hydrogens (tertiary/aromatic N) is 1. The Kier molecular flexibility index (Phi) is 6.95. The maximum absolute atomic E-state index is 13.7. The quantitative estimate of drug-likeness (QED) is 0.442. The van der Waals surface area contributed by atoms with Gasteiger partial charge in [0, 0.05) is 28.9 Å². The first-order valence-corrected chi connectivity index (χ1v) is 12.5. The van der Waals surface area contributed by atoms with Crippen LogP contribution >= 0.6 is 11.6 Å². The van der Waals surface area contributed by atoms with Crippen molar-refractivity contribution in [2.75, 3.05) is 0 Å². The Hall–Kier alpha value is -3.58. The number of benzene rings is 2. The highest BCUT2D eigenvalue weighted by Crippen LogP contribution is 2.46. The third-order valence-electron chi connectivity index (χ3n) is 6.57. The van der Waals surface area contributed by atoms with E-state index in [2.05, 4.69) is 5.32 Å². The van der Waals surface area contributed by atoms with Crippen molar-refractivity contribution in [3.05, 3.63) is 86.3 Å². The molecule has 1 heterocycles. The molecule has 0 aliphatic heterocycles. The number of hydrogen-bond acceptors (Lipinski definition) is 4. The van der Waals surface area contributed by atoms with Crippen LogP contribution in [0.15, 0.2) is 53.3 Å². The molecule has 0 unspecified atom stereocenters. The Balaban J connectivity index is 1.91. The van der Waals surface area contributed by atoms with E-state index in [1.165, 1.54) is 11.6 Å². The summed E-state index contributed by atoms with van der Waals surface area (Å²) in [4.78, 5) is 39.0. The van der Waals surface area contributed by atoms with Gasteiger partial charge in [-0.3, -0.25) is 14.4 Å². The summed E-state index contributed by atoms with van der Waals surface area (Å²) in [6.07, 6.45) is 1.13. The topological polar surface area (TPSA) is 97.6 Å². The molecule has 7 nitrogen and oxygen atoms in total. The lowest BCUT2D eigenvalue weighted by atomic mass is 9.92. The van der Waals surface area contributed by atoms with Crippen LogP contribution in [0.25, 0.3) is 11.1 Å². The number of aromatic nitrogens is 1. The summed E-state index contributed by atoms with van der Waals surface area (Å²) < 4.78 is 7.44. The number of carbonyl (C=O) groups excluding carboxylic acids is 1. The smallest absolute Gasteiger partial charge is 0.309 e. The van der Waals surface area contributed by atoms with Gasteiger partial charge in [0.15, 0.2) is 0 Å². The van der Waals surface area contributed by atoms with Gasteiger partial charge in [-0.05, 0) is 69.9 Å². The third-order valence-corrected chi connectivity index (χ3v) is 6.80. The van der Waals surface area contributed by atoms with Crippen LogP contribution in [0, 0.1) is 6.92 Å². The van der Waals surface area contributed by atoms with Crippen LogP contribution in [-0.2, 0) is 23.8 Å². The first kappa shape index (κ1) is 26.5. The molecule has 2 aromatic carbocycles. The SMILES string of the molecule is Cc1c(-c2ccc(Cl)cc2OC(C)(C)C)c(CC(=O)O)n(C)c(=O)c1C(=O)NC1(c2ccccc2)CC1. The van der Waals surface area contributed by atoms with E-state index in [0.29, 0.717) is 27.5 Å². The standard InChI is InChI=1S/C29H31ClN2O5/c1-17-24(20-12-11-19(30)15-22(20)37-28(2,3)4)21(16-23(33)34)32(5)27(36)25(17)26(35)31-29(13-14-29)18-9-7-6-8-10-18/h6-12,15H,13-14,16H2,1-5H3,(H,31,35)(H,33,34). The second-order valence-corrected chi connectivity index (χ2v) is 10.9. The third kappa shape index (κ3) is 5.42. The highest BCUT2D eigenvalue weighted by atomic mass is 35.5. The van der Waals surface area contributed by atoms with Gasteiger partial charge in [-0.1, -0.05) is 41.9 Å². The van der Waals surface area contributed by atoms with Crippen molar-refractivity contribution in [3.63, 3.8) is 0 Å². The zero-order valence-corrected chi connectivity index (χ0v) is 22.4. The van der Waals surface area contributed by atoms with Gasteiger partial charge in [0.1, 0.15) is 16.9 Å². The lowest BCUT2D eigenvalue weighted by molar-refractivity contribution is -0.136. The van der Waals surface area contributed by atoms with E-state index in [1.54, 1.807) is 25.1 Å². The van der Waals surface area contributed by atoms with Crippen LogP contribution in [0.4, 0.5) is 0 Å². The zero-order valence-electron chi connectivity index (χ0n) is 21.6. The van der Waals surface area contributed by atoms with Crippen molar-refractivity contribution in [1.29, 1.82) is 0 Å². The maximum Gasteiger partial charge on any atom is 0.309 e. The number of halogens is 1. The van der Waals surface area contributed by atoms with Crippen molar-refractivity contribution in [3.8, 4) is 16.9 Å². The molecule has 0 spiro atoms. The summed E-state index contributed by atoms with van der Waals surface area (Å²) in [6.45, 7) is 7.34. The Morgan fingerprint density at radius 3 is 2.35 bits per heavy atom. The molecule has 37 heavy (non-hydrogen) atoms. The first-order valence-electron chi connectivity index (χ1n) is 12.1. The second-order valence-electron chi connectivity index (χ2n) is 10.5. The Bertz CT molecular complexity index is 1430. The Labute approximate surface area is 221 Å². The maximum atomic E-state index is 13.7. The van der Waals surface area contributed by atoms with Crippen molar-refractivity contribution < 1.29 is 19.4 Å². The molecule has 3 aromatic rings. The van der Waals surface area contributed by atoms with Gasteiger partial charge >= 0.3 is 5.97 Å². The average molecular weight is 523 g/mol. The molecule has 194 valence electrons. The highest BCUT2D eigenvalue weighted by molar-refractivity contribution is 6.30. The molecule has 0 saturated heterocycles. The molecule has 0 atom stereocenters. The lowest BCUT2D eigenvalue weighted by Crippen LogP contribution is -2.40. The molecule has 8 heteroatoms. The van der Waals surface area contributed by atoms with Gasteiger partial charge < -0.3 is 19.7 Å². The van der Waals surface area contributed by atoms with Crippen LogP contribution in [-0.4, -0.2) is 27.2 Å². The summed E-state index contributed by atoms with van der Waals surface area (Å²) >= 11 is 6.28. The average Bonchev–Trinajstić information content (AvgIpc) is 3.58. The predicted molar refractivity (Wildman–Crippen MR) is 143 cm³/mol. The molecular formula is C29H31ClN2O5. The van der Waals surface area contributed by atoms with E-state index in [-0.39, 0.29) is 11.3 Å². The number of rotatable bonds is 7. The van der Waals surface area contributed by atoms with Crippen LogP contribution in [0.5, 0.6) is 5.75 Å². The number of carboxylic acid groups (broad SMARTS) is 1. The zero-order chi connectivity index (χ0) is 27.1. The number of carbonyl (C=O) groups is 2. The van der Waals surface area contributed by atoms with Gasteiger partial charge in [0.2, 0.25) is 0 Å². The molecule has 1 aromatic heterocycles. The molecule has 1 saturated carbocycles. The lowest BCUT2D eigenvalue weighted by Gasteiger charge is -2.26. The molecule has 1 aliphatic carbocycles. The predicted octanol–water partition coefficient (Wildman–Crippen LogP) is 5.24. The molecule has 0 radical (unpaired) electrons. The van der Waals surface area contributed by atoms with Gasteiger partial charge in [0.25, 0.3) is 11.5 Å². The monoisotopic (exact) mass is 522 g/mol. The van der Waals surface area contributed by atoms with E-state index in [0.717, 1.165) is 18.4 Å². The summed E-state index contributed by atoms with van der Waals surface area (Å²) in [7, 11) is 1.49. The van der Waals surface area contributed by atoms with Crippen LogP contribution in [0.2, 0.25) is 5.02 Å². The Morgan fingerprint density at radius 2 is 1.78 bits per heavy atom. The molecule has 2 N–H and O–H groups in total. The van der Waals surface area contributed by atoms with Crippen LogP contribution in [0.1, 0.15) is 60.8 Å². The van der Waals surface area contributed by atoms with Gasteiger partial charge in [0.05, 0.1) is 12.0 Å². The minimum Gasteiger partial charge on any atom is -0.487 e. The van der Waals surface area contributed by atoms with Gasteiger partial charge in [-0.25, -0.2) is 0 Å². The summed E-state index contributed by atoms with van der Waals surface area (Å²) in [5.74, 6) is -1.15. The largest absolute Gasteiger partial charge is 0.487 e. The fraction of sp³-hybridized carbons (Fsp3) is 0.345. The number of hydrogen-bond donors (Lipinski definition) is 2. The van der Waals surface area contributed by atoms with Crippen molar-refractivity contribution in [2.24, 2.45) is 7.05 Å². The number of nitrogens with one attached hydrogen (secondary N) is 1. The number of ether oxygens (including phenoxy) is 1. The van der Waals surface area contributed by atoms with Crippen molar-refractivity contribution >= 4 is 23.5 Å². The van der Waals surface area contributed by atoms with Crippen LogP contribution in [0.3, 0.4) is 0 Å². The minimum atomic E-state index is -1.10. The van der Waals surface area contributed by atoms with Crippen LogP contribution < -0.4 is 15.6 Å². The first-order chi connectivity index (χ1) is 17.3. The fourth-order valence-corrected chi connectivity index (χ4v) is 4.86. The number of pyridine rings is 1.